The van der Waals surface area contributed by atoms with Crippen molar-refractivity contribution in [3.8, 4) is 22.5 Å². The monoisotopic (exact) mass is 803 g/mol. The molecule has 3 aromatic heterocycles. The summed E-state index contributed by atoms with van der Waals surface area (Å²) >= 11 is 1.91. The summed E-state index contributed by atoms with van der Waals surface area (Å²) in [6, 6.07) is 34.6. The predicted octanol–water partition coefficient (Wildman–Crippen LogP) is 11.2. The summed E-state index contributed by atoms with van der Waals surface area (Å²) in [5.74, 6) is 1.23. The van der Waals surface area contributed by atoms with Gasteiger partial charge in [-0.05, 0) is 63.8 Å². The van der Waals surface area contributed by atoms with Crippen LogP contribution in [0, 0.1) is 12.1 Å². The van der Waals surface area contributed by atoms with Gasteiger partial charge in [-0.15, -0.1) is 59.7 Å². The maximum atomic E-state index is 4.78. The number of fused-ring (bicyclic) bond motifs is 3. The average Bonchev–Trinajstić information content (AvgIpc) is 3.45. The molecule has 1 fully saturated rings. The van der Waals surface area contributed by atoms with Crippen molar-refractivity contribution in [1.82, 2.24) is 9.97 Å². The summed E-state index contributed by atoms with van der Waals surface area (Å²) in [4.78, 5) is 9.22. The van der Waals surface area contributed by atoms with Crippen molar-refractivity contribution >= 4 is 44.8 Å². The molecule has 0 N–H and O–H groups in total. The largest absolute Gasteiger partial charge is 0.305 e. The first-order chi connectivity index (χ1) is 21.3. The van der Waals surface area contributed by atoms with Crippen LogP contribution in [0.1, 0.15) is 68.9 Å². The third-order valence-corrected chi connectivity index (χ3v) is 12.0. The summed E-state index contributed by atoms with van der Waals surface area (Å²) in [5.41, 5.74) is 7.02. The molecule has 2 nitrogen and oxygen atoms in total. The molecule has 1 saturated carbocycles. The molecule has 0 aliphatic heterocycles. The molecule has 233 valence electrons. The van der Waals surface area contributed by atoms with E-state index >= 15 is 0 Å². The normalized spacial score (nSPS) is 13.8. The van der Waals surface area contributed by atoms with Gasteiger partial charge in [0.05, 0.1) is 8.07 Å². The van der Waals surface area contributed by atoms with Crippen molar-refractivity contribution in [2.45, 2.75) is 77.4 Å². The van der Waals surface area contributed by atoms with Gasteiger partial charge in [-0.2, -0.15) is 11.3 Å². The predicted molar refractivity (Wildman–Crippen MR) is 193 cm³/mol. The molecule has 6 aromatic rings. The van der Waals surface area contributed by atoms with Crippen LogP contribution >= 0.6 is 11.3 Å². The molecule has 0 saturated heterocycles. The third-order valence-electron chi connectivity index (χ3n) is 8.82. The van der Waals surface area contributed by atoms with E-state index < -0.39 is 8.07 Å². The van der Waals surface area contributed by atoms with Gasteiger partial charge < -0.3 is 9.97 Å². The Morgan fingerprint density at radius 2 is 1.64 bits per heavy atom. The fourth-order valence-electron chi connectivity index (χ4n) is 6.34. The van der Waals surface area contributed by atoms with E-state index in [1.165, 1.54) is 69.0 Å². The number of aromatic nitrogens is 2. The molecule has 0 unspecified atom stereocenters. The molecule has 1 radical (unpaired) electrons. The Morgan fingerprint density at radius 1 is 0.822 bits per heavy atom. The summed E-state index contributed by atoms with van der Waals surface area (Å²) in [5, 5.41) is 4.40. The van der Waals surface area contributed by atoms with Crippen LogP contribution in [-0.4, -0.2) is 18.0 Å². The zero-order valence-corrected chi connectivity index (χ0v) is 31.2. The van der Waals surface area contributed by atoms with E-state index in [2.05, 4.69) is 105 Å². The Hall–Kier alpha value is -2.95. The number of hydrogen-bond donors (Lipinski definition) is 0. The first-order valence-electron chi connectivity index (χ1n) is 16.1. The molecule has 1 aliphatic rings. The molecule has 5 heteroatoms. The molecule has 3 aromatic carbocycles. The fourth-order valence-corrected chi connectivity index (χ4v) is 9.28. The Balaban J connectivity index is 0.000000212. The molecular formula is C40H42IrN2SSi-2. The summed E-state index contributed by atoms with van der Waals surface area (Å²) < 4.78 is 2.73. The first-order valence-corrected chi connectivity index (χ1v) is 20.4. The van der Waals surface area contributed by atoms with Gasteiger partial charge in [0, 0.05) is 37.2 Å². The second-order valence-corrected chi connectivity index (χ2v) is 19.4. The molecule has 0 bridgehead atoms. The number of benzene rings is 3. The van der Waals surface area contributed by atoms with E-state index in [0.717, 1.165) is 17.0 Å². The Morgan fingerprint density at radius 3 is 2.33 bits per heavy atom. The SMILES string of the molecule is CC(C)c1ccc(-c2[c-]cccc2)nc1.C[Si](C)(C)c1cccc2sc3c(-c4cc(C5CCCCC5)ccn4)[c-]ccc3c12.[Ir]. The van der Waals surface area contributed by atoms with Crippen LogP contribution in [-0.2, 0) is 20.1 Å². The maximum absolute atomic E-state index is 4.78. The van der Waals surface area contributed by atoms with Crippen LogP contribution < -0.4 is 5.19 Å². The van der Waals surface area contributed by atoms with Crippen molar-refractivity contribution in [1.29, 1.82) is 0 Å². The standard InChI is InChI=1S/C26H28NSSi.C14H14N.Ir/c1-29(2,3)24-14-8-13-23-25(24)21-12-7-11-20(26(21)28-23)22-17-19(15-16-27-22)18-9-5-4-6-10-18;1-11(2)13-8-9-14(15-10-13)12-6-4-3-5-7-12;/h7-8,12-18H,4-6,9-10H2,1-3H3;3-6,8-11H,1-2H3;/q2*-1;. The summed E-state index contributed by atoms with van der Waals surface area (Å²) in [6.07, 6.45) is 10.7. The molecule has 45 heavy (non-hydrogen) atoms. The van der Waals surface area contributed by atoms with Gasteiger partial charge >= 0.3 is 0 Å². The van der Waals surface area contributed by atoms with E-state index in [4.69, 9.17) is 4.98 Å². The Bertz CT molecular complexity index is 1850. The number of nitrogens with zero attached hydrogens (tertiary/aromatic N) is 2. The van der Waals surface area contributed by atoms with Crippen molar-refractivity contribution < 1.29 is 20.1 Å². The second kappa shape index (κ2) is 14.6. The fraction of sp³-hybridized carbons (Fsp3) is 0.300. The van der Waals surface area contributed by atoms with Gasteiger partial charge in [0.25, 0.3) is 0 Å². The van der Waals surface area contributed by atoms with Crippen LogP contribution in [0.25, 0.3) is 42.7 Å². The van der Waals surface area contributed by atoms with Crippen LogP contribution in [0.4, 0.5) is 0 Å². The maximum Gasteiger partial charge on any atom is 0.0783 e. The number of rotatable bonds is 5. The number of pyridine rings is 2. The topological polar surface area (TPSA) is 25.8 Å². The summed E-state index contributed by atoms with van der Waals surface area (Å²) in [6.45, 7) is 11.7. The van der Waals surface area contributed by atoms with E-state index in [1.54, 1.807) is 5.19 Å². The molecule has 3 heterocycles. The smallest absolute Gasteiger partial charge is 0.0783 e. The Kier molecular flexibility index (Phi) is 10.9. The van der Waals surface area contributed by atoms with Crippen molar-refractivity contribution in [2.24, 2.45) is 0 Å². The molecule has 7 rings (SSSR count). The van der Waals surface area contributed by atoms with Crippen LogP contribution in [0.3, 0.4) is 0 Å². The molecule has 1 aliphatic carbocycles. The quantitative estimate of drug-likeness (QED) is 0.128. The second-order valence-electron chi connectivity index (χ2n) is 13.3. The number of hydrogen-bond acceptors (Lipinski definition) is 3. The van der Waals surface area contributed by atoms with Gasteiger partial charge in [0.2, 0.25) is 0 Å². The van der Waals surface area contributed by atoms with Gasteiger partial charge in [-0.1, -0.05) is 99.2 Å². The van der Waals surface area contributed by atoms with Gasteiger partial charge in [-0.3, -0.25) is 0 Å². The molecule has 0 spiro atoms. The van der Waals surface area contributed by atoms with Crippen molar-refractivity contribution in [2.75, 3.05) is 0 Å². The number of thiophene rings is 1. The van der Waals surface area contributed by atoms with E-state index in [-0.39, 0.29) is 20.1 Å². The zero-order chi connectivity index (χ0) is 30.7. The molecule has 0 atom stereocenters. The minimum absolute atomic E-state index is 0. The minimum atomic E-state index is -1.43. The average molecular weight is 803 g/mol. The zero-order valence-electron chi connectivity index (χ0n) is 27.0. The van der Waals surface area contributed by atoms with Gasteiger partial charge in [-0.25, -0.2) is 0 Å². The minimum Gasteiger partial charge on any atom is -0.305 e. The third kappa shape index (κ3) is 7.55. The van der Waals surface area contributed by atoms with Crippen molar-refractivity contribution in [3.05, 3.63) is 115 Å². The van der Waals surface area contributed by atoms with Gasteiger partial charge in [0.15, 0.2) is 0 Å². The summed E-state index contributed by atoms with van der Waals surface area (Å²) in [7, 11) is -1.43. The van der Waals surface area contributed by atoms with E-state index in [0.29, 0.717) is 11.8 Å². The van der Waals surface area contributed by atoms with E-state index in [9.17, 15) is 0 Å². The van der Waals surface area contributed by atoms with Gasteiger partial charge in [0.1, 0.15) is 0 Å². The Labute approximate surface area is 287 Å². The van der Waals surface area contributed by atoms with Crippen molar-refractivity contribution in [3.63, 3.8) is 0 Å². The molecule has 0 amide bonds. The van der Waals surface area contributed by atoms with Crippen LogP contribution in [0.2, 0.25) is 19.6 Å². The molecular weight excluding hydrogens is 761 g/mol. The van der Waals surface area contributed by atoms with E-state index in [1.807, 2.05) is 48.0 Å². The van der Waals surface area contributed by atoms with Crippen LogP contribution in [0.5, 0.6) is 0 Å². The first kappa shape index (κ1) is 33.4. The van der Waals surface area contributed by atoms with Crippen LogP contribution in [0.15, 0.2) is 91.3 Å².